The summed E-state index contributed by atoms with van der Waals surface area (Å²) in [6.45, 7) is 2.09. The Kier molecular flexibility index (Phi) is 3.75. The van der Waals surface area contributed by atoms with Crippen LogP contribution in [0.3, 0.4) is 0 Å². The van der Waals surface area contributed by atoms with Crippen molar-refractivity contribution in [3.63, 3.8) is 0 Å². The number of hydrogen-bond donors (Lipinski definition) is 2. The summed E-state index contributed by atoms with van der Waals surface area (Å²) in [6.07, 6.45) is 7.39. The zero-order valence-corrected chi connectivity index (χ0v) is 16.9. The fraction of sp³-hybridized carbons (Fsp3) is 0.0435. The highest BCUT2D eigenvalue weighted by molar-refractivity contribution is 7.13. The third-order valence-electron chi connectivity index (χ3n) is 5.32. The summed E-state index contributed by atoms with van der Waals surface area (Å²) in [5, 5.41) is 10.8. The zero-order chi connectivity index (χ0) is 20.1. The Morgan fingerprint density at radius 1 is 0.933 bits per heavy atom. The third-order valence-corrected chi connectivity index (χ3v) is 6.22. The van der Waals surface area contributed by atoms with Crippen LogP contribution in [0.1, 0.15) is 5.56 Å². The van der Waals surface area contributed by atoms with Crippen molar-refractivity contribution in [3.05, 3.63) is 72.1 Å². The molecule has 0 radical (unpaired) electrons. The molecule has 0 aliphatic heterocycles. The molecule has 2 N–H and O–H groups in total. The van der Waals surface area contributed by atoms with Gasteiger partial charge in [-0.15, -0.1) is 11.3 Å². The number of benzene rings is 1. The van der Waals surface area contributed by atoms with Gasteiger partial charge in [-0.2, -0.15) is 5.10 Å². The monoisotopic (exact) mass is 408 g/mol. The van der Waals surface area contributed by atoms with Crippen LogP contribution in [0.4, 0.5) is 0 Å². The maximum atomic E-state index is 4.90. The molecule has 1 aromatic carbocycles. The number of fused-ring (bicyclic) bond motifs is 2. The molecule has 0 unspecified atom stereocenters. The molecule has 0 atom stereocenters. The van der Waals surface area contributed by atoms with Crippen LogP contribution < -0.4 is 0 Å². The predicted molar refractivity (Wildman–Crippen MR) is 120 cm³/mol. The zero-order valence-electron chi connectivity index (χ0n) is 16.0. The van der Waals surface area contributed by atoms with Crippen LogP contribution in [-0.4, -0.2) is 30.1 Å². The SMILES string of the molecule is Cc1ccncc1-c1ccc2[nH]nc(-c3nc4c(-c5cccs5)cncc4[nH]3)c2c1. The van der Waals surface area contributed by atoms with Crippen molar-refractivity contribution in [2.45, 2.75) is 6.92 Å². The average molecular weight is 408 g/mol. The number of rotatable bonds is 3. The van der Waals surface area contributed by atoms with Crippen LogP contribution in [0.15, 0.2) is 66.6 Å². The number of nitrogens with zero attached hydrogens (tertiary/aromatic N) is 4. The van der Waals surface area contributed by atoms with Gasteiger partial charge in [-0.1, -0.05) is 12.1 Å². The van der Waals surface area contributed by atoms with Gasteiger partial charge >= 0.3 is 0 Å². The first kappa shape index (κ1) is 17.1. The smallest absolute Gasteiger partial charge is 0.159 e. The van der Waals surface area contributed by atoms with E-state index in [9.17, 15) is 0 Å². The molecule has 6 rings (SSSR count). The van der Waals surface area contributed by atoms with Crippen molar-refractivity contribution in [2.24, 2.45) is 0 Å². The van der Waals surface area contributed by atoms with Crippen molar-refractivity contribution in [2.75, 3.05) is 0 Å². The largest absolute Gasteiger partial charge is 0.335 e. The number of pyridine rings is 2. The third kappa shape index (κ3) is 2.63. The minimum absolute atomic E-state index is 0.724. The topological polar surface area (TPSA) is 83.1 Å². The summed E-state index contributed by atoms with van der Waals surface area (Å²) in [5.74, 6) is 0.724. The van der Waals surface area contributed by atoms with Gasteiger partial charge in [0.2, 0.25) is 0 Å². The van der Waals surface area contributed by atoms with E-state index in [1.807, 2.05) is 36.9 Å². The molecule has 5 aromatic heterocycles. The van der Waals surface area contributed by atoms with Crippen LogP contribution in [0.25, 0.3) is 55.0 Å². The molecule has 0 saturated heterocycles. The first-order chi connectivity index (χ1) is 14.8. The van der Waals surface area contributed by atoms with Crippen LogP contribution in [0.2, 0.25) is 0 Å². The highest BCUT2D eigenvalue weighted by Gasteiger charge is 2.16. The second kappa shape index (κ2) is 6.60. The Bertz CT molecular complexity index is 1510. The number of nitrogens with one attached hydrogen (secondary N) is 2. The molecule has 0 aliphatic carbocycles. The number of hydrogen-bond acceptors (Lipinski definition) is 5. The van der Waals surface area contributed by atoms with E-state index in [4.69, 9.17) is 4.98 Å². The van der Waals surface area contributed by atoms with E-state index in [0.29, 0.717) is 0 Å². The number of aromatic amines is 2. The van der Waals surface area contributed by atoms with Gasteiger partial charge in [0.1, 0.15) is 11.2 Å². The average Bonchev–Trinajstić information content (AvgIpc) is 3.51. The molecule has 6 aromatic rings. The quantitative estimate of drug-likeness (QED) is 0.399. The minimum Gasteiger partial charge on any atom is -0.335 e. The summed E-state index contributed by atoms with van der Waals surface area (Å²) < 4.78 is 0. The molecule has 0 saturated carbocycles. The normalized spacial score (nSPS) is 11.5. The van der Waals surface area contributed by atoms with Crippen molar-refractivity contribution in [1.82, 2.24) is 30.1 Å². The molecule has 30 heavy (non-hydrogen) atoms. The van der Waals surface area contributed by atoms with Gasteiger partial charge in [-0.05, 0) is 47.7 Å². The molecule has 0 fully saturated rings. The van der Waals surface area contributed by atoms with Gasteiger partial charge < -0.3 is 4.98 Å². The summed E-state index contributed by atoms with van der Waals surface area (Å²) in [7, 11) is 0. The Hall–Kier alpha value is -3.84. The molecule has 0 aliphatic rings. The van der Waals surface area contributed by atoms with Gasteiger partial charge in [0.15, 0.2) is 5.82 Å². The Balaban J connectivity index is 1.53. The van der Waals surface area contributed by atoms with E-state index >= 15 is 0 Å². The van der Waals surface area contributed by atoms with E-state index in [1.54, 1.807) is 11.3 Å². The fourth-order valence-corrected chi connectivity index (χ4v) is 4.52. The van der Waals surface area contributed by atoms with Gasteiger partial charge in [0.25, 0.3) is 0 Å². The number of aromatic nitrogens is 6. The molecule has 0 spiro atoms. The standard InChI is InChI=1S/C23H16N6S/c1-13-6-7-24-10-16(13)14-4-5-18-15(9-14)22(29-28-18)23-26-19-12-25-11-17(21(19)27-23)20-3-2-8-30-20/h2-12H,1H3,(H,26,27)(H,28,29). The van der Waals surface area contributed by atoms with Crippen LogP contribution >= 0.6 is 11.3 Å². The molecule has 0 bridgehead atoms. The molecular weight excluding hydrogens is 392 g/mol. The van der Waals surface area contributed by atoms with Crippen molar-refractivity contribution in [3.8, 4) is 33.1 Å². The molecular formula is C23H16N6S. The fourth-order valence-electron chi connectivity index (χ4n) is 3.79. The van der Waals surface area contributed by atoms with E-state index in [2.05, 4.69) is 61.7 Å². The first-order valence-electron chi connectivity index (χ1n) is 9.55. The molecule has 7 heteroatoms. The number of H-pyrrole nitrogens is 2. The molecule has 6 nitrogen and oxygen atoms in total. The lowest BCUT2D eigenvalue weighted by atomic mass is 10.0. The van der Waals surface area contributed by atoms with Crippen molar-refractivity contribution in [1.29, 1.82) is 0 Å². The van der Waals surface area contributed by atoms with Crippen LogP contribution in [-0.2, 0) is 0 Å². The lowest BCUT2D eigenvalue weighted by molar-refractivity contribution is 1.11. The Labute approximate surface area is 175 Å². The van der Waals surface area contributed by atoms with Crippen molar-refractivity contribution < 1.29 is 0 Å². The van der Waals surface area contributed by atoms with Gasteiger partial charge in [0.05, 0.1) is 17.2 Å². The van der Waals surface area contributed by atoms with E-state index < -0.39 is 0 Å². The van der Waals surface area contributed by atoms with Gasteiger partial charge in [-0.25, -0.2) is 4.98 Å². The highest BCUT2D eigenvalue weighted by atomic mass is 32.1. The number of imidazole rings is 1. The second-order valence-corrected chi connectivity index (χ2v) is 8.12. The van der Waals surface area contributed by atoms with Crippen LogP contribution in [0, 0.1) is 6.92 Å². The van der Waals surface area contributed by atoms with Gasteiger partial charge in [0, 0.05) is 40.0 Å². The lowest BCUT2D eigenvalue weighted by Gasteiger charge is -2.05. The van der Waals surface area contributed by atoms with E-state index in [0.717, 1.165) is 55.0 Å². The van der Waals surface area contributed by atoms with Crippen molar-refractivity contribution >= 4 is 33.3 Å². The van der Waals surface area contributed by atoms with Gasteiger partial charge in [-0.3, -0.25) is 15.1 Å². The summed E-state index contributed by atoms with van der Waals surface area (Å²) in [6, 6.07) is 12.4. The summed E-state index contributed by atoms with van der Waals surface area (Å²) in [5.41, 5.74) is 7.98. The maximum Gasteiger partial charge on any atom is 0.159 e. The first-order valence-corrected chi connectivity index (χ1v) is 10.4. The second-order valence-electron chi connectivity index (χ2n) is 7.17. The minimum atomic E-state index is 0.724. The van der Waals surface area contributed by atoms with E-state index in [1.165, 1.54) is 5.56 Å². The van der Waals surface area contributed by atoms with E-state index in [-0.39, 0.29) is 0 Å². The molecule has 0 amide bonds. The molecule has 5 heterocycles. The Morgan fingerprint density at radius 3 is 2.73 bits per heavy atom. The van der Waals surface area contributed by atoms with Crippen LogP contribution in [0.5, 0.6) is 0 Å². The summed E-state index contributed by atoms with van der Waals surface area (Å²) >= 11 is 1.68. The number of aryl methyl sites for hydroxylation is 1. The predicted octanol–water partition coefficient (Wildman–Crippen LogP) is 5.60. The molecule has 144 valence electrons. The number of thiophene rings is 1. The maximum absolute atomic E-state index is 4.90. The summed E-state index contributed by atoms with van der Waals surface area (Å²) in [4.78, 5) is 18.1. The highest BCUT2D eigenvalue weighted by Crippen LogP contribution is 2.34. The lowest BCUT2D eigenvalue weighted by Crippen LogP contribution is -1.85. The Morgan fingerprint density at radius 2 is 1.87 bits per heavy atom.